The van der Waals surface area contributed by atoms with Crippen molar-refractivity contribution in [2.24, 2.45) is 0 Å². The number of fused-ring (bicyclic) bond motifs is 1. The maximum Gasteiger partial charge on any atom is 0.300 e. The van der Waals surface area contributed by atoms with Crippen LogP contribution in [0.15, 0.2) is 70.9 Å². The summed E-state index contributed by atoms with van der Waals surface area (Å²) in [4.78, 5) is 25.2. The lowest BCUT2D eigenvalue weighted by atomic mass is 10.1. The molecule has 0 saturated carbocycles. The molecule has 0 fully saturated rings. The highest BCUT2D eigenvalue weighted by Gasteiger charge is 2.14. The smallest absolute Gasteiger partial charge is 0.300 e. The number of carbonyl (C=O) groups excluding carboxylic acids is 1. The van der Waals surface area contributed by atoms with Gasteiger partial charge in [0, 0.05) is 23.8 Å². The molecule has 31 heavy (non-hydrogen) atoms. The number of amides is 1. The van der Waals surface area contributed by atoms with Crippen molar-refractivity contribution in [3.8, 4) is 11.4 Å². The van der Waals surface area contributed by atoms with Gasteiger partial charge in [-0.1, -0.05) is 30.8 Å². The van der Waals surface area contributed by atoms with Crippen LogP contribution in [0.1, 0.15) is 12.5 Å². The minimum Gasteiger partial charge on any atom is -0.497 e. The molecule has 0 aliphatic heterocycles. The summed E-state index contributed by atoms with van der Waals surface area (Å²) in [7, 11) is 1.59. The van der Waals surface area contributed by atoms with Crippen LogP contribution in [0.4, 0.5) is 5.69 Å². The van der Waals surface area contributed by atoms with Crippen LogP contribution in [-0.4, -0.2) is 37.9 Å². The summed E-state index contributed by atoms with van der Waals surface area (Å²) in [6.07, 6.45) is 4.27. The molecule has 0 unspecified atom stereocenters. The summed E-state index contributed by atoms with van der Waals surface area (Å²) in [5, 5.41) is 11.5. The van der Waals surface area contributed by atoms with Gasteiger partial charge in [0.25, 0.3) is 0 Å². The van der Waals surface area contributed by atoms with Gasteiger partial charge < -0.3 is 10.1 Å². The lowest BCUT2D eigenvalue weighted by Gasteiger charge is -2.08. The molecule has 1 N–H and O–H groups in total. The average molecular weight is 436 g/mol. The van der Waals surface area contributed by atoms with E-state index in [1.54, 1.807) is 48.2 Å². The predicted molar refractivity (Wildman–Crippen MR) is 120 cm³/mol. The Labute approximate surface area is 182 Å². The molecule has 158 valence electrons. The summed E-state index contributed by atoms with van der Waals surface area (Å²) in [6, 6.07) is 14.9. The third-order valence-electron chi connectivity index (χ3n) is 4.74. The number of aryl methyl sites for hydroxylation is 1. The average Bonchev–Trinajstić information content (AvgIpc) is 3.22. The van der Waals surface area contributed by atoms with E-state index in [1.165, 1.54) is 16.3 Å². The van der Waals surface area contributed by atoms with Gasteiger partial charge in [0.2, 0.25) is 11.6 Å². The van der Waals surface area contributed by atoms with Crippen molar-refractivity contribution >= 4 is 29.0 Å². The molecule has 4 rings (SSSR count). The fourth-order valence-electron chi connectivity index (χ4n) is 3.11. The monoisotopic (exact) mass is 435 g/mol. The normalized spacial score (nSPS) is 10.9. The Morgan fingerprint density at radius 3 is 2.68 bits per heavy atom. The van der Waals surface area contributed by atoms with Crippen molar-refractivity contribution in [1.82, 2.24) is 19.2 Å². The number of rotatable bonds is 7. The summed E-state index contributed by atoms with van der Waals surface area (Å²) in [5.74, 6) is 0.707. The SMILES string of the molecule is CCc1cccc(NC(=O)CSc2nnc3c(=O)n(-c4ccc(OC)cc4)ccn23)c1. The molecule has 2 heterocycles. The first-order chi connectivity index (χ1) is 15.1. The van der Waals surface area contributed by atoms with Crippen LogP contribution in [0.5, 0.6) is 5.75 Å². The second-order valence-electron chi connectivity index (χ2n) is 6.74. The maximum atomic E-state index is 12.9. The zero-order valence-electron chi connectivity index (χ0n) is 17.1. The van der Waals surface area contributed by atoms with Crippen molar-refractivity contribution in [1.29, 1.82) is 0 Å². The molecule has 0 aliphatic rings. The fraction of sp³-hybridized carbons (Fsp3) is 0.182. The number of ether oxygens (including phenoxy) is 1. The number of methoxy groups -OCH3 is 1. The number of hydrogen-bond acceptors (Lipinski definition) is 6. The van der Waals surface area contributed by atoms with Gasteiger partial charge >= 0.3 is 5.56 Å². The minimum atomic E-state index is -0.298. The molecule has 9 heteroatoms. The first-order valence-electron chi connectivity index (χ1n) is 9.71. The number of anilines is 1. The number of aromatic nitrogens is 4. The first kappa shape index (κ1) is 20.7. The number of benzene rings is 2. The lowest BCUT2D eigenvalue weighted by molar-refractivity contribution is -0.113. The van der Waals surface area contributed by atoms with Crippen LogP contribution in [0, 0.1) is 0 Å². The second-order valence-corrected chi connectivity index (χ2v) is 7.68. The molecular formula is C22H21N5O3S. The Balaban J connectivity index is 1.49. The molecule has 0 bridgehead atoms. The van der Waals surface area contributed by atoms with Gasteiger partial charge in [-0.15, -0.1) is 10.2 Å². The van der Waals surface area contributed by atoms with Crippen molar-refractivity contribution in [2.45, 2.75) is 18.5 Å². The molecule has 4 aromatic rings. The molecule has 2 aromatic carbocycles. The van der Waals surface area contributed by atoms with Gasteiger partial charge in [0.05, 0.1) is 12.9 Å². The summed E-state index contributed by atoms with van der Waals surface area (Å²) < 4.78 is 8.24. The zero-order valence-corrected chi connectivity index (χ0v) is 17.9. The molecule has 1 amide bonds. The van der Waals surface area contributed by atoms with Crippen molar-refractivity contribution < 1.29 is 9.53 Å². The zero-order chi connectivity index (χ0) is 21.8. The van der Waals surface area contributed by atoms with E-state index in [1.807, 2.05) is 24.3 Å². The van der Waals surface area contributed by atoms with Gasteiger partial charge in [-0.3, -0.25) is 18.6 Å². The van der Waals surface area contributed by atoms with E-state index < -0.39 is 0 Å². The number of nitrogens with one attached hydrogen (secondary N) is 1. The lowest BCUT2D eigenvalue weighted by Crippen LogP contribution is -2.20. The molecular weight excluding hydrogens is 414 g/mol. The Morgan fingerprint density at radius 1 is 1.13 bits per heavy atom. The summed E-state index contributed by atoms with van der Waals surface area (Å²) in [5.41, 5.74) is 2.50. The summed E-state index contributed by atoms with van der Waals surface area (Å²) >= 11 is 1.22. The Bertz CT molecular complexity index is 1280. The number of hydrogen-bond donors (Lipinski definition) is 1. The first-order valence-corrected chi connectivity index (χ1v) is 10.7. The topological polar surface area (TPSA) is 90.5 Å². The van der Waals surface area contributed by atoms with Crippen LogP contribution in [0.3, 0.4) is 0 Å². The summed E-state index contributed by atoms with van der Waals surface area (Å²) in [6.45, 7) is 2.07. The van der Waals surface area contributed by atoms with E-state index in [4.69, 9.17) is 4.74 Å². The molecule has 0 spiro atoms. The third-order valence-corrected chi connectivity index (χ3v) is 5.68. The third kappa shape index (κ3) is 4.46. The van der Waals surface area contributed by atoms with E-state index in [9.17, 15) is 9.59 Å². The molecule has 0 atom stereocenters. The van der Waals surface area contributed by atoms with Gasteiger partial charge in [0.15, 0.2) is 5.16 Å². The van der Waals surface area contributed by atoms with Gasteiger partial charge in [-0.05, 0) is 48.4 Å². The van der Waals surface area contributed by atoms with Crippen LogP contribution < -0.4 is 15.6 Å². The highest BCUT2D eigenvalue weighted by Crippen LogP contribution is 2.18. The van der Waals surface area contributed by atoms with Crippen LogP contribution in [0.2, 0.25) is 0 Å². The van der Waals surface area contributed by atoms with E-state index in [0.29, 0.717) is 16.6 Å². The quantitative estimate of drug-likeness (QED) is 0.449. The van der Waals surface area contributed by atoms with Crippen LogP contribution in [-0.2, 0) is 11.2 Å². The highest BCUT2D eigenvalue weighted by molar-refractivity contribution is 7.99. The maximum absolute atomic E-state index is 12.9. The Hall–Kier alpha value is -3.59. The highest BCUT2D eigenvalue weighted by atomic mass is 32.2. The standard InChI is InChI=1S/C22H21N5O3S/c1-3-15-5-4-6-16(13-15)23-19(28)14-31-22-25-24-20-21(29)26(11-12-27(20)22)17-7-9-18(30-2)10-8-17/h4-13H,3,14H2,1-2H3,(H,23,28). The van der Waals surface area contributed by atoms with Gasteiger partial charge in [-0.25, -0.2) is 0 Å². The number of carbonyl (C=O) groups is 1. The van der Waals surface area contributed by atoms with Crippen molar-refractivity contribution in [3.05, 3.63) is 76.8 Å². The molecule has 0 aliphatic carbocycles. The minimum absolute atomic E-state index is 0.151. The Kier molecular flexibility index (Phi) is 6.03. The van der Waals surface area contributed by atoms with Crippen LogP contribution in [0.25, 0.3) is 11.3 Å². The fourth-order valence-corrected chi connectivity index (χ4v) is 3.82. The molecule has 0 radical (unpaired) electrons. The van der Waals surface area contributed by atoms with E-state index >= 15 is 0 Å². The molecule has 2 aromatic heterocycles. The van der Waals surface area contributed by atoms with Gasteiger partial charge in [0.1, 0.15) is 5.75 Å². The number of thioether (sulfide) groups is 1. The predicted octanol–water partition coefficient (Wildman–Crippen LogP) is 3.18. The van der Waals surface area contributed by atoms with Gasteiger partial charge in [-0.2, -0.15) is 0 Å². The molecule has 8 nitrogen and oxygen atoms in total. The van der Waals surface area contributed by atoms with E-state index in [-0.39, 0.29) is 22.9 Å². The van der Waals surface area contributed by atoms with E-state index in [0.717, 1.165) is 17.7 Å². The molecule has 0 saturated heterocycles. The van der Waals surface area contributed by atoms with E-state index in [2.05, 4.69) is 22.4 Å². The Morgan fingerprint density at radius 2 is 1.94 bits per heavy atom. The van der Waals surface area contributed by atoms with Crippen molar-refractivity contribution in [3.63, 3.8) is 0 Å². The van der Waals surface area contributed by atoms with Crippen LogP contribution >= 0.6 is 11.8 Å². The largest absolute Gasteiger partial charge is 0.497 e. The second kappa shape index (κ2) is 9.05. The van der Waals surface area contributed by atoms with Crippen molar-refractivity contribution in [2.75, 3.05) is 18.2 Å². The number of nitrogens with zero attached hydrogens (tertiary/aromatic N) is 4.